The fourth-order valence-corrected chi connectivity index (χ4v) is 3.30. The Hall–Kier alpha value is -2.18. The summed E-state index contributed by atoms with van der Waals surface area (Å²) in [6.07, 6.45) is 2.09. The van der Waals surface area contributed by atoms with Crippen molar-refractivity contribution in [1.82, 2.24) is 5.32 Å². The minimum atomic E-state index is -3.33. The molecule has 140 valence electrons. The Morgan fingerprint density at radius 3 is 2.31 bits per heavy atom. The van der Waals surface area contributed by atoms with Crippen LogP contribution in [0.5, 0.6) is 0 Å². The highest BCUT2D eigenvalue weighted by Crippen LogP contribution is 2.25. The van der Waals surface area contributed by atoms with E-state index >= 15 is 0 Å². The number of amides is 1. The van der Waals surface area contributed by atoms with Crippen LogP contribution in [0.1, 0.15) is 36.6 Å². The third kappa shape index (κ3) is 4.93. The van der Waals surface area contributed by atoms with Gasteiger partial charge in [-0.3, -0.25) is 4.79 Å². The number of benzene rings is 2. The molecule has 5 nitrogen and oxygen atoms in total. The Morgan fingerprint density at radius 2 is 1.77 bits per heavy atom. The number of hydrogen-bond donors (Lipinski definition) is 2. The number of carbonyl (C=O) groups is 1. The lowest BCUT2D eigenvalue weighted by atomic mass is 9.96. The molecule has 2 aromatic carbocycles. The number of rotatable bonds is 7. The molecule has 2 rings (SSSR count). The van der Waals surface area contributed by atoms with Crippen LogP contribution in [0.25, 0.3) is 0 Å². The minimum absolute atomic E-state index is 0.165. The van der Waals surface area contributed by atoms with E-state index in [1.165, 1.54) is 11.8 Å². The topological polar surface area (TPSA) is 89.3 Å². The lowest BCUT2D eigenvalue weighted by Crippen LogP contribution is -2.36. The molecule has 0 aliphatic rings. The molecule has 0 fully saturated rings. The standard InChI is InChI=1S/C20H26N2O3S/c1-4-15-8-10-16(11-9-15)19(22-20(23)14(2)13-21)17-6-5-7-18(12-17)26(3,24)25/h5-12,14,19H,4,13,21H2,1-3H3,(H,22,23). The molecule has 0 spiro atoms. The van der Waals surface area contributed by atoms with Crippen molar-refractivity contribution in [2.45, 2.75) is 31.2 Å². The van der Waals surface area contributed by atoms with Crippen LogP contribution in [-0.2, 0) is 21.1 Å². The molecule has 26 heavy (non-hydrogen) atoms. The number of hydrogen-bond acceptors (Lipinski definition) is 4. The second-order valence-electron chi connectivity index (χ2n) is 6.52. The van der Waals surface area contributed by atoms with Crippen LogP contribution in [-0.4, -0.2) is 27.1 Å². The van der Waals surface area contributed by atoms with Crippen LogP contribution in [0.15, 0.2) is 53.4 Å². The zero-order valence-electron chi connectivity index (χ0n) is 15.4. The summed E-state index contributed by atoms with van der Waals surface area (Å²) in [6, 6.07) is 14.2. The first-order chi connectivity index (χ1) is 12.3. The van der Waals surface area contributed by atoms with E-state index in [2.05, 4.69) is 12.2 Å². The first-order valence-electron chi connectivity index (χ1n) is 8.65. The number of carbonyl (C=O) groups excluding carboxylic acids is 1. The Balaban J connectivity index is 2.47. The van der Waals surface area contributed by atoms with Crippen molar-refractivity contribution in [2.75, 3.05) is 12.8 Å². The van der Waals surface area contributed by atoms with Crippen LogP contribution in [0.4, 0.5) is 0 Å². The van der Waals surface area contributed by atoms with E-state index in [-0.39, 0.29) is 23.3 Å². The summed E-state index contributed by atoms with van der Waals surface area (Å²) in [7, 11) is -3.33. The maximum Gasteiger partial charge on any atom is 0.224 e. The minimum Gasteiger partial charge on any atom is -0.345 e. The SMILES string of the molecule is CCc1ccc(C(NC(=O)C(C)CN)c2cccc(S(C)(=O)=O)c2)cc1. The highest BCUT2D eigenvalue weighted by molar-refractivity contribution is 7.90. The summed E-state index contributed by atoms with van der Waals surface area (Å²) < 4.78 is 23.8. The van der Waals surface area contributed by atoms with Gasteiger partial charge in [0.05, 0.1) is 10.9 Å². The Bertz CT molecular complexity index is 861. The van der Waals surface area contributed by atoms with Crippen LogP contribution in [0.2, 0.25) is 0 Å². The van der Waals surface area contributed by atoms with Crippen molar-refractivity contribution < 1.29 is 13.2 Å². The summed E-state index contributed by atoms with van der Waals surface area (Å²) in [4.78, 5) is 12.7. The van der Waals surface area contributed by atoms with E-state index in [1.807, 2.05) is 30.3 Å². The normalized spacial score (nSPS) is 13.8. The van der Waals surface area contributed by atoms with Gasteiger partial charge in [-0.25, -0.2) is 8.42 Å². The van der Waals surface area contributed by atoms with Gasteiger partial charge in [0.1, 0.15) is 0 Å². The molecule has 0 aromatic heterocycles. The average Bonchev–Trinajstić information content (AvgIpc) is 2.64. The van der Waals surface area contributed by atoms with E-state index in [0.717, 1.165) is 17.5 Å². The van der Waals surface area contributed by atoms with Gasteiger partial charge in [0.15, 0.2) is 9.84 Å². The van der Waals surface area contributed by atoms with Crippen molar-refractivity contribution >= 4 is 15.7 Å². The van der Waals surface area contributed by atoms with Crippen molar-refractivity contribution in [3.05, 3.63) is 65.2 Å². The van der Waals surface area contributed by atoms with Crippen LogP contribution in [0, 0.1) is 5.92 Å². The molecule has 0 bridgehead atoms. The molecule has 0 radical (unpaired) electrons. The van der Waals surface area contributed by atoms with Gasteiger partial charge in [-0.1, -0.05) is 50.2 Å². The molecule has 0 saturated carbocycles. The second kappa shape index (κ2) is 8.47. The van der Waals surface area contributed by atoms with Crippen LogP contribution >= 0.6 is 0 Å². The van der Waals surface area contributed by atoms with Crippen molar-refractivity contribution in [3.63, 3.8) is 0 Å². The number of aryl methyl sites for hydroxylation is 1. The van der Waals surface area contributed by atoms with Crippen molar-refractivity contribution in [2.24, 2.45) is 11.7 Å². The third-order valence-corrected chi connectivity index (χ3v) is 5.54. The molecule has 2 atom stereocenters. The van der Waals surface area contributed by atoms with Gasteiger partial charge in [-0.2, -0.15) is 0 Å². The maximum atomic E-state index is 12.4. The van der Waals surface area contributed by atoms with Gasteiger partial charge in [0.25, 0.3) is 0 Å². The molecule has 0 heterocycles. The zero-order chi connectivity index (χ0) is 19.3. The smallest absolute Gasteiger partial charge is 0.224 e. The summed E-state index contributed by atoms with van der Waals surface area (Å²) in [5, 5.41) is 3.00. The van der Waals surface area contributed by atoms with Gasteiger partial charge in [0, 0.05) is 18.7 Å². The quantitative estimate of drug-likeness (QED) is 0.779. The average molecular weight is 375 g/mol. The third-order valence-electron chi connectivity index (χ3n) is 4.43. The fourth-order valence-electron chi connectivity index (χ4n) is 2.62. The first kappa shape index (κ1) is 20.1. The van der Waals surface area contributed by atoms with E-state index in [4.69, 9.17) is 5.73 Å². The molecule has 2 aromatic rings. The molecule has 0 aliphatic heterocycles. The fraction of sp³-hybridized carbons (Fsp3) is 0.350. The van der Waals surface area contributed by atoms with E-state index in [9.17, 15) is 13.2 Å². The highest BCUT2D eigenvalue weighted by atomic mass is 32.2. The molecule has 0 saturated heterocycles. The summed E-state index contributed by atoms with van der Waals surface area (Å²) in [5.74, 6) is -0.493. The lowest BCUT2D eigenvalue weighted by molar-refractivity contribution is -0.124. The molecule has 6 heteroatoms. The first-order valence-corrected chi connectivity index (χ1v) is 10.5. The van der Waals surface area contributed by atoms with Gasteiger partial charge >= 0.3 is 0 Å². The molecule has 3 N–H and O–H groups in total. The number of nitrogens with two attached hydrogens (primary N) is 1. The molecular formula is C20H26N2O3S. The van der Waals surface area contributed by atoms with Crippen LogP contribution in [0.3, 0.4) is 0 Å². The van der Waals surface area contributed by atoms with E-state index in [0.29, 0.717) is 0 Å². The van der Waals surface area contributed by atoms with Crippen molar-refractivity contribution in [1.29, 1.82) is 0 Å². The van der Waals surface area contributed by atoms with Gasteiger partial charge < -0.3 is 11.1 Å². The molecule has 0 aliphatic carbocycles. The van der Waals surface area contributed by atoms with Gasteiger partial charge in [0.2, 0.25) is 5.91 Å². The van der Waals surface area contributed by atoms with Crippen LogP contribution < -0.4 is 11.1 Å². The molecular weight excluding hydrogens is 348 g/mol. The van der Waals surface area contributed by atoms with Gasteiger partial charge in [-0.15, -0.1) is 0 Å². The summed E-state index contributed by atoms with van der Waals surface area (Å²) in [6.45, 7) is 4.09. The van der Waals surface area contributed by atoms with E-state index in [1.54, 1.807) is 25.1 Å². The predicted octanol–water partition coefficient (Wildman–Crippen LogP) is 2.45. The summed E-state index contributed by atoms with van der Waals surface area (Å²) >= 11 is 0. The number of nitrogens with one attached hydrogen (secondary N) is 1. The number of sulfone groups is 1. The largest absolute Gasteiger partial charge is 0.345 e. The summed E-state index contributed by atoms with van der Waals surface area (Å²) in [5.41, 5.74) is 8.41. The predicted molar refractivity (Wildman–Crippen MR) is 104 cm³/mol. The Kier molecular flexibility index (Phi) is 6.56. The Morgan fingerprint density at radius 1 is 1.12 bits per heavy atom. The lowest BCUT2D eigenvalue weighted by Gasteiger charge is -2.22. The molecule has 1 amide bonds. The monoisotopic (exact) mass is 374 g/mol. The second-order valence-corrected chi connectivity index (χ2v) is 8.53. The highest BCUT2D eigenvalue weighted by Gasteiger charge is 2.21. The Labute approximate surface area is 155 Å². The van der Waals surface area contributed by atoms with E-state index < -0.39 is 15.9 Å². The van der Waals surface area contributed by atoms with Crippen molar-refractivity contribution in [3.8, 4) is 0 Å². The zero-order valence-corrected chi connectivity index (χ0v) is 16.2. The maximum absolute atomic E-state index is 12.4. The molecule has 2 unspecified atom stereocenters. The van der Waals surface area contributed by atoms with Gasteiger partial charge in [-0.05, 0) is 35.2 Å².